The third-order valence-corrected chi connectivity index (χ3v) is 12.9. The van der Waals surface area contributed by atoms with Crippen LogP contribution in [0.15, 0.2) is 42.5 Å². The smallest absolute Gasteiger partial charge is 0.408 e. The molecular formula is C50H83N7O9. The summed E-state index contributed by atoms with van der Waals surface area (Å²) in [5.74, 6) is -1.47. The van der Waals surface area contributed by atoms with Crippen LogP contribution in [0, 0.1) is 11.8 Å². The molecule has 4 atom stereocenters. The molecule has 0 aromatic heterocycles. The van der Waals surface area contributed by atoms with Crippen molar-refractivity contribution in [3.05, 3.63) is 48.0 Å². The normalized spacial score (nSPS) is 22.6. The summed E-state index contributed by atoms with van der Waals surface area (Å²) in [4.78, 5) is 70.8. The highest BCUT2D eigenvalue weighted by atomic mass is 16.6. The molecule has 1 aromatic carbocycles. The van der Waals surface area contributed by atoms with E-state index in [1.165, 1.54) is 10.1 Å². The summed E-state index contributed by atoms with van der Waals surface area (Å²) in [5.41, 5.74) is -2.19. The first-order valence-electron chi connectivity index (χ1n) is 24.1. The molecule has 0 radical (unpaired) electrons. The lowest BCUT2D eigenvalue weighted by molar-refractivity contribution is -0.256. The van der Waals surface area contributed by atoms with E-state index in [9.17, 15) is 34.4 Å². The number of nitrogens with zero attached hydrogens (tertiary/aromatic N) is 3. The topological polar surface area (TPSA) is 202 Å². The number of piperidine rings is 2. The summed E-state index contributed by atoms with van der Waals surface area (Å²) in [6, 6.07) is 7.15. The van der Waals surface area contributed by atoms with Crippen LogP contribution >= 0.6 is 0 Å². The van der Waals surface area contributed by atoms with E-state index in [2.05, 4.69) is 35.1 Å². The molecule has 6 N–H and O–H groups in total. The number of rotatable bonds is 17. The number of nitrogens with one attached hydrogen (secondary N) is 4. The van der Waals surface area contributed by atoms with Gasteiger partial charge in [-0.1, -0.05) is 56.3 Å². The van der Waals surface area contributed by atoms with Gasteiger partial charge in [0, 0.05) is 54.1 Å². The molecule has 5 amide bonds. The van der Waals surface area contributed by atoms with Crippen molar-refractivity contribution in [3.8, 4) is 0 Å². The minimum Gasteiger partial charge on any atom is -0.446 e. The van der Waals surface area contributed by atoms with Crippen molar-refractivity contribution < 1.29 is 43.9 Å². The van der Waals surface area contributed by atoms with Crippen LogP contribution in [0.5, 0.6) is 0 Å². The molecule has 0 spiro atoms. The number of hydrogen-bond donors (Lipinski definition) is 6. The maximum absolute atomic E-state index is 14.7. The molecule has 3 aliphatic heterocycles. The highest BCUT2D eigenvalue weighted by molar-refractivity contribution is 5.93. The van der Waals surface area contributed by atoms with Gasteiger partial charge in [-0.05, 0) is 139 Å². The van der Waals surface area contributed by atoms with Crippen LogP contribution in [0.2, 0.25) is 0 Å². The monoisotopic (exact) mass is 926 g/mol. The van der Waals surface area contributed by atoms with Gasteiger partial charge in [0.1, 0.15) is 23.8 Å². The molecule has 3 heterocycles. The molecule has 16 nitrogen and oxygen atoms in total. The second kappa shape index (κ2) is 22.2. The second-order valence-electron chi connectivity index (χ2n) is 22.8. The van der Waals surface area contributed by atoms with Crippen molar-refractivity contribution in [2.75, 3.05) is 13.1 Å². The van der Waals surface area contributed by atoms with Crippen LogP contribution in [-0.4, -0.2) is 126 Å². The first kappa shape index (κ1) is 54.4. The minimum absolute atomic E-state index is 0.176. The van der Waals surface area contributed by atoms with Crippen molar-refractivity contribution in [2.24, 2.45) is 11.8 Å². The van der Waals surface area contributed by atoms with E-state index in [4.69, 9.17) is 9.47 Å². The van der Waals surface area contributed by atoms with Gasteiger partial charge in [-0.25, -0.2) is 9.59 Å². The Morgan fingerprint density at radius 1 is 0.818 bits per heavy atom. The predicted octanol–water partition coefficient (Wildman–Crippen LogP) is 7.26. The fraction of sp³-hybridized carbons (Fsp3) is 0.740. The Hall–Kier alpha value is -4.25. The molecule has 0 aliphatic carbocycles. The van der Waals surface area contributed by atoms with Gasteiger partial charge in [0.2, 0.25) is 17.7 Å². The van der Waals surface area contributed by atoms with Crippen LogP contribution in [0.25, 0.3) is 0 Å². The Labute approximate surface area is 394 Å². The number of benzene rings is 1. The zero-order valence-corrected chi connectivity index (χ0v) is 42.2. The maximum atomic E-state index is 14.7. The summed E-state index contributed by atoms with van der Waals surface area (Å²) in [5, 5.41) is 36.2. The highest BCUT2D eigenvalue weighted by Crippen LogP contribution is 2.39. The van der Waals surface area contributed by atoms with Gasteiger partial charge < -0.3 is 46.1 Å². The quantitative estimate of drug-likeness (QED) is 0.0679. The zero-order chi connectivity index (χ0) is 49.4. The number of likely N-dealkylation sites (tertiary alicyclic amines) is 1. The summed E-state index contributed by atoms with van der Waals surface area (Å²) in [6.45, 7) is 25.3. The number of ether oxygens (including phenoxy) is 2. The van der Waals surface area contributed by atoms with E-state index < -0.39 is 76.0 Å². The predicted molar refractivity (Wildman–Crippen MR) is 254 cm³/mol. The number of alkyl carbamates (subject to hydrolysis) is 2. The van der Waals surface area contributed by atoms with Crippen LogP contribution in [0.4, 0.5) is 9.59 Å². The Balaban J connectivity index is 1.51. The first-order valence-corrected chi connectivity index (χ1v) is 24.1. The molecule has 372 valence electrons. The van der Waals surface area contributed by atoms with Crippen LogP contribution in [-0.2, 0) is 30.3 Å². The van der Waals surface area contributed by atoms with E-state index in [0.717, 1.165) is 5.56 Å². The Morgan fingerprint density at radius 2 is 1.39 bits per heavy atom. The summed E-state index contributed by atoms with van der Waals surface area (Å²) >= 11 is 0. The lowest BCUT2D eigenvalue weighted by atomic mass is 9.79. The fourth-order valence-corrected chi connectivity index (χ4v) is 10.2. The summed E-state index contributed by atoms with van der Waals surface area (Å²) in [6.07, 6.45) is 6.50. The molecule has 66 heavy (non-hydrogen) atoms. The second-order valence-corrected chi connectivity index (χ2v) is 22.8. The molecule has 0 unspecified atom stereocenters. The lowest BCUT2D eigenvalue weighted by Crippen LogP contribution is -2.64. The van der Waals surface area contributed by atoms with Crippen LogP contribution in [0.1, 0.15) is 153 Å². The standard InChI is InChI=1S/C50H83N7O9/c1-33(2)27-36(53-45(62)66-46(3,4)5)24-23-35(28-34-19-15-14-16-20-34)43(60)55-26-18-22-40(55)42(59)54-39(41(58)52-37-29-47(6,7)56(63)48(8,9)30-37)21-17-25-51-44(61)65-38-31-49(10,11)57(64)50(12,13)32-38/h14-16,19-20,23-24,33,35-40,63-64H,17-18,21-22,25-32H2,1-13H3,(H,51,61)(H,52,58)(H,53,62)(H,54,59)/b24-23+/t35-,36-,39+,40+/m1/s1. The molecule has 3 aliphatic rings. The average Bonchev–Trinajstić information content (AvgIpc) is 3.68. The summed E-state index contributed by atoms with van der Waals surface area (Å²) < 4.78 is 11.3. The minimum atomic E-state index is -0.988. The van der Waals surface area contributed by atoms with Crippen molar-refractivity contribution in [2.45, 2.75) is 212 Å². The third-order valence-electron chi connectivity index (χ3n) is 12.9. The molecular weight excluding hydrogens is 843 g/mol. The molecule has 0 saturated carbocycles. The van der Waals surface area contributed by atoms with Crippen molar-refractivity contribution >= 4 is 29.9 Å². The molecule has 4 rings (SSSR count). The van der Waals surface area contributed by atoms with Crippen molar-refractivity contribution in [3.63, 3.8) is 0 Å². The van der Waals surface area contributed by atoms with Gasteiger partial charge in [0.05, 0.1) is 12.0 Å². The number of carbonyl (C=O) groups is 5. The Bertz CT molecular complexity index is 1810. The third kappa shape index (κ3) is 15.7. The van der Waals surface area contributed by atoms with Gasteiger partial charge in [-0.3, -0.25) is 14.4 Å². The number of hydrogen-bond acceptors (Lipinski definition) is 11. The number of amides is 5. The van der Waals surface area contributed by atoms with E-state index >= 15 is 0 Å². The molecule has 0 bridgehead atoms. The first-order chi connectivity index (χ1) is 30.5. The highest BCUT2D eigenvalue weighted by Gasteiger charge is 2.48. The van der Waals surface area contributed by atoms with Gasteiger partial charge in [0.25, 0.3) is 0 Å². The van der Waals surface area contributed by atoms with E-state index in [1.54, 1.807) is 25.7 Å². The summed E-state index contributed by atoms with van der Waals surface area (Å²) in [7, 11) is 0. The van der Waals surface area contributed by atoms with Crippen molar-refractivity contribution in [1.82, 2.24) is 36.3 Å². The SMILES string of the molecule is CC(C)C[C@@H](/C=C/[C@H](Cc1ccccc1)C(=O)N1CCC[C@H]1C(=O)N[C@@H](CCCNC(=O)OC1CC(C)(C)N(O)C(C)(C)C1)C(=O)NC1CC(C)(C)N(O)C(C)(C)C1)NC(=O)OC(C)(C)C. The Kier molecular flexibility index (Phi) is 18.3. The number of hydroxylamine groups is 4. The maximum Gasteiger partial charge on any atom is 0.408 e. The largest absolute Gasteiger partial charge is 0.446 e. The number of carbonyl (C=O) groups excluding carboxylic acids is 5. The fourth-order valence-electron chi connectivity index (χ4n) is 10.2. The molecule has 1 aromatic rings. The van der Waals surface area contributed by atoms with Gasteiger partial charge in [0.15, 0.2) is 0 Å². The van der Waals surface area contributed by atoms with E-state index in [0.29, 0.717) is 64.3 Å². The van der Waals surface area contributed by atoms with Gasteiger partial charge in [-0.15, -0.1) is 0 Å². The van der Waals surface area contributed by atoms with Gasteiger partial charge in [-0.2, -0.15) is 10.1 Å². The zero-order valence-electron chi connectivity index (χ0n) is 42.2. The molecule has 3 saturated heterocycles. The van der Waals surface area contributed by atoms with Crippen molar-refractivity contribution in [1.29, 1.82) is 0 Å². The Morgan fingerprint density at radius 3 is 1.95 bits per heavy atom. The van der Waals surface area contributed by atoms with Crippen LogP contribution < -0.4 is 21.3 Å². The average molecular weight is 926 g/mol. The molecule has 16 heteroatoms. The van der Waals surface area contributed by atoms with E-state index in [1.807, 2.05) is 97.9 Å². The lowest BCUT2D eigenvalue weighted by Gasteiger charge is -2.51. The van der Waals surface area contributed by atoms with Gasteiger partial charge >= 0.3 is 12.2 Å². The van der Waals surface area contributed by atoms with Crippen LogP contribution in [0.3, 0.4) is 0 Å². The van der Waals surface area contributed by atoms with E-state index in [-0.39, 0.29) is 36.7 Å². The molecule has 3 fully saturated rings.